The zero-order valence-corrected chi connectivity index (χ0v) is 12.8. The zero-order valence-electron chi connectivity index (χ0n) is 11.1. The molecule has 1 atom stereocenters. The van der Waals surface area contributed by atoms with Gasteiger partial charge in [0.2, 0.25) is 5.91 Å². The normalized spacial score (nSPS) is 17.2. The van der Waals surface area contributed by atoms with Crippen LogP contribution in [0.25, 0.3) is 0 Å². The molecule has 106 valence electrons. The van der Waals surface area contributed by atoms with E-state index in [-0.39, 0.29) is 24.4 Å². The van der Waals surface area contributed by atoms with Crippen molar-refractivity contribution in [3.8, 4) is 0 Å². The third-order valence-electron chi connectivity index (χ3n) is 3.25. The molecular formula is C14H21ClN2OS. The summed E-state index contributed by atoms with van der Waals surface area (Å²) in [5.41, 5.74) is 2.73. The van der Waals surface area contributed by atoms with Gasteiger partial charge in [-0.25, -0.2) is 0 Å². The summed E-state index contributed by atoms with van der Waals surface area (Å²) in [7, 11) is 0. The number of benzene rings is 1. The Balaban J connectivity index is 0.00000180. The summed E-state index contributed by atoms with van der Waals surface area (Å²) in [4.78, 5) is 11.6. The molecule has 1 aliphatic rings. The van der Waals surface area contributed by atoms with E-state index in [1.807, 2.05) is 6.26 Å². The number of carbonyl (C=O) groups excluding carboxylic acids is 1. The SMILES string of the molecule is CSCCC(=O)NCC1NCCc2ccccc21.Cl. The summed E-state index contributed by atoms with van der Waals surface area (Å²) in [5, 5.41) is 6.48. The Morgan fingerprint density at radius 2 is 2.26 bits per heavy atom. The minimum Gasteiger partial charge on any atom is -0.354 e. The number of fused-ring (bicyclic) bond motifs is 1. The van der Waals surface area contributed by atoms with Gasteiger partial charge in [-0.2, -0.15) is 11.8 Å². The van der Waals surface area contributed by atoms with Gasteiger partial charge in [-0.15, -0.1) is 12.4 Å². The third-order valence-corrected chi connectivity index (χ3v) is 3.86. The molecule has 0 aliphatic carbocycles. The van der Waals surface area contributed by atoms with E-state index < -0.39 is 0 Å². The van der Waals surface area contributed by atoms with Crippen molar-refractivity contribution in [3.63, 3.8) is 0 Å². The van der Waals surface area contributed by atoms with E-state index in [1.54, 1.807) is 11.8 Å². The van der Waals surface area contributed by atoms with Crippen LogP contribution in [0.2, 0.25) is 0 Å². The van der Waals surface area contributed by atoms with Crippen molar-refractivity contribution in [1.29, 1.82) is 0 Å². The van der Waals surface area contributed by atoms with Crippen LogP contribution in [-0.2, 0) is 11.2 Å². The van der Waals surface area contributed by atoms with Crippen LogP contribution in [0.3, 0.4) is 0 Å². The molecule has 1 aliphatic heterocycles. The fraction of sp³-hybridized carbons (Fsp3) is 0.500. The fourth-order valence-corrected chi connectivity index (χ4v) is 2.66. The lowest BCUT2D eigenvalue weighted by Crippen LogP contribution is -2.38. The number of carbonyl (C=O) groups is 1. The van der Waals surface area contributed by atoms with Gasteiger partial charge in [-0.1, -0.05) is 24.3 Å². The summed E-state index contributed by atoms with van der Waals surface area (Å²) < 4.78 is 0. The Labute approximate surface area is 125 Å². The molecule has 0 spiro atoms. The molecule has 0 bridgehead atoms. The predicted molar refractivity (Wildman–Crippen MR) is 84.1 cm³/mol. The van der Waals surface area contributed by atoms with Gasteiger partial charge in [0.15, 0.2) is 0 Å². The average Bonchev–Trinajstić information content (AvgIpc) is 2.42. The van der Waals surface area contributed by atoms with E-state index >= 15 is 0 Å². The monoisotopic (exact) mass is 300 g/mol. The summed E-state index contributed by atoms with van der Waals surface area (Å²) in [6.45, 7) is 1.67. The Hall–Kier alpha value is -0.710. The molecule has 1 unspecified atom stereocenters. The molecule has 0 fully saturated rings. The molecule has 1 aromatic rings. The maximum atomic E-state index is 11.6. The molecule has 1 amide bonds. The Morgan fingerprint density at radius 3 is 3.05 bits per heavy atom. The molecule has 0 aromatic heterocycles. The topological polar surface area (TPSA) is 41.1 Å². The number of thioether (sulfide) groups is 1. The van der Waals surface area contributed by atoms with Crippen LogP contribution in [0.15, 0.2) is 24.3 Å². The van der Waals surface area contributed by atoms with Crippen molar-refractivity contribution >= 4 is 30.1 Å². The lowest BCUT2D eigenvalue weighted by atomic mass is 9.94. The molecule has 3 nitrogen and oxygen atoms in total. The molecule has 0 saturated carbocycles. The minimum absolute atomic E-state index is 0. The highest BCUT2D eigenvalue weighted by molar-refractivity contribution is 7.98. The first-order valence-corrected chi connectivity index (χ1v) is 7.77. The number of hydrogen-bond acceptors (Lipinski definition) is 3. The van der Waals surface area contributed by atoms with Gasteiger partial charge in [0, 0.05) is 24.8 Å². The fourth-order valence-electron chi connectivity index (χ4n) is 2.27. The highest BCUT2D eigenvalue weighted by Crippen LogP contribution is 2.21. The summed E-state index contributed by atoms with van der Waals surface area (Å²) in [6, 6.07) is 8.74. The minimum atomic E-state index is 0. The van der Waals surface area contributed by atoms with E-state index in [0.29, 0.717) is 13.0 Å². The lowest BCUT2D eigenvalue weighted by Gasteiger charge is -2.27. The van der Waals surface area contributed by atoms with Gasteiger partial charge >= 0.3 is 0 Å². The first-order valence-electron chi connectivity index (χ1n) is 6.38. The van der Waals surface area contributed by atoms with Crippen molar-refractivity contribution in [2.24, 2.45) is 0 Å². The second kappa shape index (κ2) is 8.46. The van der Waals surface area contributed by atoms with Crippen LogP contribution in [0.1, 0.15) is 23.6 Å². The van der Waals surface area contributed by atoms with Crippen molar-refractivity contribution in [2.75, 3.05) is 25.1 Å². The number of amides is 1. The molecule has 2 N–H and O–H groups in total. The molecule has 0 radical (unpaired) electrons. The molecule has 2 rings (SSSR count). The first-order chi connectivity index (χ1) is 8.81. The lowest BCUT2D eigenvalue weighted by molar-refractivity contribution is -0.120. The maximum Gasteiger partial charge on any atom is 0.220 e. The molecule has 5 heteroatoms. The summed E-state index contributed by atoms with van der Waals surface area (Å²) in [6.07, 6.45) is 3.70. The smallest absolute Gasteiger partial charge is 0.220 e. The Bertz CT molecular complexity index is 414. The van der Waals surface area contributed by atoms with E-state index in [2.05, 4.69) is 34.9 Å². The number of halogens is 1. The van der Waals surface area contributed by atoms with Crippen LogP contribution in [0.4, 0.5) is 0 Å². The van der Waals surface area contributed by atoms with E-state index in [4.69, 9.17) is 0 Å². The second-order valence-corrected chi connectivity index (χ2v) is 5.49. The van der Waals surface area contributed by atoms with Crippen molar-refractivity contribution < 1.29 is 4.79 Å². The largest absolute Gasteiger partial charge is 0.354 e. The summed E-state index contributed by atoms with van der Waals surface area (Å²) >= 11 is 1.70. The zero-order chi connectivity index (χ0) is 12.8. The van der Waals surface area contributed by atoms with Gasteiger partial charge in [-0.3, -0.25) is 4.79 Å². The van der Waals surface area contributed by atoms with Gasteiger partial charge < -0.3 is 10.6 Å². The van der Waals surface area contributed by atoms with Crippen LogP contribution in [-0.4, -0.2) is 31.0 Å². The number of rotatable bonds is 5. The average molecular weight is 301 g/mol. The Kier molecular flexibility index (Phi) is 7.28. The van der Waals surface area contributed by atoms with E-state index in [1.165, 1.54) is 11.1 Å². The van der Waals surface area contributed by atoms with Crippen LogP contribution in [0, 0.1) is 0 Å². The molecule has 19 heavy (non-hydrogen) atoms. The van der Waals surface area contributed by atoms with Gasteiger partial charge in [0.05, 0.1) is 0 Å². The van der Waals surface area contributed by atoms with Crippen LogP contribution >= 0.6 is 24.2 Å². The van der Waals surface area contributed by atoms with Crippen molar-refractivity contribution in [3.05, 3.63) is 35.4 Å². The van der Waals surface area contributed by atoms with Gasteiger partial charge in [0.25, 0.3) is 0 Å². The highest BCUT2D eigenvalue weighted by atomic mass is 35.5. The molecular weight excluding hydrogens is 280 g/mol. The first kappa shape index (κ1) is 16.3. The Morgan fingerprint density at radius 1 is 1.47 bits per heavy atom. The quantitative estimate of drug-likeness (QED) is 0.875. The number of hydrogen-bond donors (Lipinski definition) is 2. The molecule has 1 heterocycles. The van der Waals surface area contributed by atoms with Crippen molar-refractivity contribution in [2.45, 2.75) is 18.9 Å². The van der Waals surface area contributed by atoms with Crippen LogP contribution < -0.4 is 10.6 Å². The molecule has 1 aromatic carbocycles. The molecule has 0 saturated heterocycles. The maximum absolute atomic E-state index is 11.6. The standard InChI is InChI=1S/C14H20N2OS.ClH/c1-18-9-7-14(17)16-10-13-12-5-3-2-4-11(12)6-8-15-13;/h2-5,13,15H,6-10H2,1H3,(H,16,17);1H. The third kappa shape index (κ3) is 4.71. The second-order valence-electron chi connectivity index (χ2n) is 4.50. The summed E-state index contributed by atoms with van der Waals surface area (Å²) in [5.74, 6) is 1.04. The number of nitrogens with one attached hydrogen (secondary N) is 2. The van der Waals surface area contributed by atoms with Crippen molar-refractivity contribution in [1.82, 2.24) is 10.6 Å². The van der Waals surface area contributed by atoms with Gasteiger partial charge in [0.1, 0.15) is 0 Å². The van der Waals surface area contributed by atoms with E-state index in [9.17, 15) is 4.79 Å². The highest BCUT2D eigenvalue weighted by Gasteiger charge is 2.19. The van der Waals surface area contributed by atoms with E-state index in [0.717, 1.165) is 18.7 Å². The van der Waals surface area contributed by atoms with Gasteiger partial charge in [-0.05, 0) is 30.3 Å². The van der Waals surface area contributed by atoms with Crippen LogP contribution in [0.5, 0.6) is 0 Å². The predicted octanol–water partition coefficient (Wildman–Crippen LogP) is 2.16.